The molecule has 7 heteroatoms. The van der Waals surface area contributed by atoms with Crippen molar-refractivity contribution in [3.05, 3.63) is 23.2 Å². The first-order chi connectivity index (χ1) is 6.49. The predicted molar refractivity (Wildman–Crippen MR) is 47.6 cm³/mol. The maximum Gasteiger partial charge on any atom is 0.406 e. The van der Waals surface area contributed by atoms with Crippen LogP contribution in [-0.2, 0) is 10.1 Å². The molecule has 0 aromatic heterocycles. The van der Waals surface area contributed by atoms with Gasteiger partial charge in [0.1, 0.15) is 5.75 Å². The van der Waals surface area contributed by atoms with Gasteiger partial charge in [0.15, 0.2) is 9.87 Å². The number of nitrogens with zero attached hydrogens (tertiary/aromatic N) is 2. The van der Waals surface area contributed by atoms with E-state index in [-0.39, 0.29) is 11.4 Å². The van der Waals surface area contributed by atoms with Gasteiger partial charge in [-0.3, -0.25) is 4.55 Å². The molecule has 0 fully saturated rings. The normalized spacial score (nSPS) is 10.6. The van der Waals surface area contributed by atoms with Crippen molar-refractivity contribution in [2.45, 2.75) is 4.90 Å². The Hall–Kier alpha value is -1.65. The third-order valence-electron chi connectivity index (χ3n) is 1.55. The summed E-state index contributed by atoms with van der Waals surface area (Å²) in [4.78, 5) is 2.22. The Morgan fingerprint density at radius 1 is 1.50 bits per heavy atom. The molecule has 14 heavy (non-hydrogen) atoms. The Balaban J connectivity index is 3.47. The van der Waals surface area contributed by atoms with Crippen LogP contribution in [0.5, 0.6) is 5.75 Å². The molecule has 6 nitrogen and oxygen atoms in total. The summed E-state index contributed by atoms with van der Waals surface area (Å²) in [5.41, 5.74) is -0.242. The van der Waals surface area contributed by atoms with Gasteiger partial charge in [0.25, 0.3) is 0 Å². The fourth-order valence-electron chi connectivity index (χ4n) is 0.911. The zero-order valence-corrected chi connectivity index (χ0v) is 8.02. The molecule has 0 saturated heterocycles. The van der Waals surface area contributed by atoms with Crippen LogP contribution in [0, 0.1) is 5.39 Å². The van der Waals surface area contributed by atoms with Gasteiger partial charge in [0, 0.05) is 12.1 Å². The molecule has 0 radical (unpaired) electrons. The highest BCUT2D eigenvalue weighted by Crippen LogP contribution is 2.28. The van der Waals surface area contributed by atoms with E-state index in [2.05, 4.69) is 4.98 Å². The Labute approximate surface area is 80.5 Å². The zero-order valence-electron chi connectivity index (χ0n) is 7.21. The lowest BCUT2D eigenvalue weighted by molar-refractivity contribution is 0.412. The van der Waals surface area contributed by atoms with Gasteiger partial charge in [-0.15, -0.1) is 0 Å². The molecule has 1 aromatic rings. The van der Waals surface area contributed by atoms with Crippen molar-refractivity contribution in [3.8, 4) is 5.75 Å². The number of hydrogen-bond donors (Lipinski definition) is 1. The first-order valence-corrected chi connectivity index (χ1v) is 4.93. The largest absolute Gasteiger partial charge is 0.497 e. The number of benzene rings is 1. The average molecular weight is 215 g/mol. The quantitative estimate of drug-likeness (QED) is 0.595. The van der Waals surface area contributed by atoms with Gasteiger partial charge in [-0.25, -0.2) is 0 Å². The van der Waals surface area contributed by atoms with E-state index in [0.717, 1.165) is 6.07 Å². The van der Waals surface area contributed by atoms with E-state index in [9.17, 15) is 8.42 Å². The Kier molecular flexibility index (Phi) is 2.69. The summed E-state index contributed by atoms with van der Waals surface area (Å²) >= 11 is 0. The lowest BCUT2D eigenvalue weighted by Crippen LogP contribution is -1.98. The number of hydrogen-bond acceptors (Lipinski definition) is 4. The molecule has 0 heterocycles. The number of methoxy groups -OCH3 is 1. The molecule has 0 aliphatic rings. The molecule has 1 rings (SSSR count). The highest BCUT2D eigenvalue weighted by molar-refractivity contribution is 7.86. The molecule has 0 atom stereocenters. The SMILES string of the molecule is COc1ccc([N+]#N)c(S(=O)(=O)O)c1. The average Bonchev–Trinajstić information content (AvgIpc) is 2.15. The van der Waals surface area contributed by atoms with Gasteiger partial charge in [-0.2, -0.15) is 8.42 Å². The number of ether oxygens (including phenoxy) is 1. The van der Waals surface area contributed by atoms with Gasteiger partial charge in [-0.05, 0) is 6.07 Å². The van der Waals surface area contributed by atoms with Gasteiger partial charge in [0.05, 0.1) is 7.11 Å². The molecule has 0 spiro atoms. The van der Waals surface area contributed by atoms with E-state index in [1.165, 1.54) is 19.2 Å². The smallest absolute Gasteiger partial charge is 0.406 e. The van der Waals surface area contributed by atoms with Crippen molar-refractivity contribution in [3.63, 3.8) is 0 Å². The van der Waals surface area contributed by atoms with Crippen LogP contribution < -0.4 is 4.74 Å². The first-order valence-electron chi connectivity index (χ1n) is 3.49. The lowest BCUT2D eigenvalue weighted by Gasteiger charge is -1.98. The van der Waals surface area contributed by atoms with Crippen molar-refractivity contribution in [2.24, 2.45) is 0 Å². The summed E-state index contributed by atoms with van der Waals surface area (Å²) in [6.07, 6.45) is 0. The zero-order chi connectivity index (χ0) is 10.8. The minimum atomic E-state index is -4.41. The molecule has 74 valence electrons. The molecule has 0 aliphatic carbocycles. The maximum atomic E-state index is 10.8. The van der Waals surface area contributed by atoms with Gasteiger partial charge in [0.2, 0.25) is 5.39 Å². The lowest BCUT2D eigenvalue weighted by atomic mass is 10.3. The van der Waals surface area contributed by atoms with Crippen LogP contribution in [0.4, 0.5) is 5.69 Å². The number of rotatable bonds is 2. The van der Waals surface area contributed by atoms with Crippen LogP contribution in [0.25, 0.3) is 4.98 Å². The van der Waals surface area contributed by atoms with Crippen molar-refractivity contribution in [1.29, 1.82) is 5.39 Å². The molecule has 0 aliphatic heterocycles. The van der Waals surface area contributed by atoms with E-state index in [4.69, 9.17) is 14.7 Å². The van der Waals surface area contributed by atoms with E-state index >= 15 is 0 Å². The molecular weight excluding hydrogens is 208 g/mol. The second-order valence-corrected chi connectivity index (χ2v) is 3.80. The van der Waals surface area contributed by atoms with E-state index in [0.29, 0.717) is 0 Å². The van der Waals surface area contributed by atoms with Crippen molar-refractivity contribution < 1.29 is 17.7 Å². The van der Waals surface area contributed by atoms with Crippen LogP contribution in [-0.4, -0.2) is 20.1 Å². The van der Waals surface area contributed by atoms with E-state index in [1.54, 1.807) is 0 Å². The van der Waals surface area contributed by atoms with Crippen LogP contribution >= 0.6 is 0 Å². The monoisotopic (exact) mass is 215 g/mol. The summed E-state index contributed by atoms with van der Waals surface area (Å²) in [5.74, 6) is 0.241. The van der Waals surface area contributed by atoms with Crippen LogP contribution in [0.1, 0.15) is 0 Å². The van der Waals surface area contributed by atoms with Crippen LogP contribution in [0.15, 0.2) is 23.1 Å². The summed E-state index contributed by atoms with van der Waals surface area (Å²) < 4.78 is 35.1. The second kappa shape index (κ2) is 3.61. The minimum Gasteiger partial charge on any atom is -0.497 e. The third kappa shape index (κ3) is 1.99. The molecule has 0 bridgehead atoms. The Bertz CT molecular complexity index is 489. The molecule has 1 N–H and O–H groups in total. The van der Waals surface area contributed by atoms with Crippen molar-refractivity contribution in [2.75, 3.05) is 7.11 Å². The molecule has 1 aromatic carbocycles. The first kappa shape index (κ1) is 10.4. The van der Waals surface area contributed by atoms with Crippen molar-refractivity contribution >= 4 is 15.8 Å². The third-order valence-corrected chi connectivity index (χ3v) is 2.44. The maximum absolute atomic E-state index is 10.8. The molecule has 0 unspecified atom stereocenters. The standard InChI is InChI=1S/C7H6N2O4S/c1-13-5-2-3-6(9-8)7(4-5)14(10,11)12/h2-4H,1H3/p+1. The van der Waals surface area contributed by atoms with Crippen LogP contribution in [0.3, 0.4) is 0 Å². The topological polar surface area (TPSA) is 91.8 Å². The summed E-state index contributed by atoms with van der Waals surface area (Å²) in [6.45, 7) is 0. The Morgan fingerprint density at radius 3 is 2.57 bits per heavy atom. The summed E-state index contributed by atoms with van der Waals surface area (Å²) in [6, 6.07) is 3.68. The van der Waals surface area contributed by atoms with E-state index < -0.39 is 15.0 Å². The molecule has 0 saturated carbocycles. The van der Waals surface area contributed by atoms with Crippen molar-refractivity contribution in [1.82, 2.24) is 0 Å². The van der Waals surface area contributed by atoms with Gasteiger partial charge >= 0.3 is 15.8 Å². The molecule has 0 amide bonds. The predicted octanol–water partition coefficient (Wildman–Crippen LogP) is 1.43. The highest BCUT2D eigenvalue weighted by Gasteiger charge is 2.24. The van der Waals surface area contributed by atoms with Gasteiger partial charge in [-0.1, -0.05) is 0 Å². The summed E-state index contributed by atoms with van der Waals surface area (Å²) in [5, 5.41) is 8.45. The molecular formula is C7H7N2O4S+. The highest BCUT2D eigenvalue weighted by atomic mass is 32.2. The fourth-order valence-corrected chi connectivity index (χ4v) is 1.55. The fraction of sp³-hybridized carbons (Fsp3) is 0.143. The van der Waals surface area contributed by atoms with Crippen LogP contribution in [0.2, 0.25) is 0 Å². The number of diazo groups is 1. The Morgan fingerprint density at radius 2 is 2.14 bits per heavy atom. The second-order valence-electron chi connectivity index (χ2n) is 2.41. The minimum absolute atomic E-state index is 0.241. The van der Waals surface area contributed by atoms with E-state index in [1.807, 2.05) is 0 Å². The summed E-state index contributed by atoms with van der Waals surface area (Å²) in [7, 11) is -3.07. The van der Waals surface area contributed by atoms with Gasteiger partial charge < -0.3 is 4.74 Å².